The molecule has 0 spiro atoms. The summed E-state index contributed by atoms with van der Waals surface area (Å²) >= 11 is 0. The first-order chi connectivity index (χ1) is 6.75. The highest BCUT2D eigenvalue weighted by Crippen LogP contribution is 2.18. The topological polar surface area (TPSA) is 52.3 Å². The Hall–Kier alpha value is -1.48. The van der Waals surface area contributed by atoms with Gasteiger partial charge in [0.1, 0.15) is 5.76 Å². The minimum absolute atomic E-state index is 0.0231. The van der Waals surface area contributed by atoms with Crippen LogP contribution < -0.4 is 5.73 Å². The van der Waals surface area contributed by atoms with Crippen LogP contribution in [0, 0.1) is 6.92 Å². The van der Waals surface area contributed by atoms with Crippen molar-refractivity contribution in [1.82, 2.24) is 0 Å². The fraction of sp³-hybridized carbons (Fsp3) is 0.273. The molecule has 2 rings (SSSR count). The number of nitrogens with two attached hydrogens (primary N) is 1. The first-order valence-corrected chi connectivity index (χ1v) is 4.57. The molecule has 0 bridgehead atoms. The molecule has 2 aromatic rings. The maximum atomic E-state index is 6.00. The highest BCUT2D eigenvalue weighted by molar-refractivity contribution is 5.19. The van der Waals surface area contributed by atoms with Crippen LogP contribution in [0.2, 0.25) is 0 Å². The van der Waals surface area contributed by atoms with E-state index in [1.165, 1.54) is 0 Å². The van der Waals surface area contributed by atoms with E-state index in [1.807, 2.05) is 19.1 Å². The lowest BCUT2D eigenvalue weighted by atomic mass is 10.0. The Morgan fingerprint density at radius 3 is 2.86 bits per heavy atom. The highest BCUT2D eigenvalue weighted by Gasteiger charge is 2.09. The molecule has 0 fully saturated rings. The van der Waals surface area contributed by atoms with Crippen LogP contribution in [-0.4, -0.2) is 0 Å². The van der Waals surface area contributed by atoms with Crippen LogP contribution in [0.1, 0.15) is 22.9 Å². The molecule has 3 heteroatoms. The molecule has 14 heavy (non-hydrogen) atoms. The van der Waals surface area contributed by atoms with Crippen LogP contribution in [0.4, 0.5) is 0 Å². The van der Waals surface area contributed by atoms with E-state index in [-0.39, 0.29) is 6.04 Å². The van der Waals surface area contributed by atoms with Crippen LogP contribution in [0.25, 0.3) is 0 Å². The smallest absolute Gasteiger partial charge is 0.101 e. The van der Waals surface area contributed by atoms with Gasteiger partial charge in [0.05, 0.1) is 18.8 Å². The van der Waals surface area contributed by atoms with Crippen molar-refractivity contribution in [3.8, 4) is 0 Å². The third-order valence-electron chi connectivity index (χ3n) is 2.21. The van der Waals surface area contributed by atoms with Gasteiger partial charge < -0.3 is 14.6 Å². The maximum absolute atomic E-state index is 6.00. The molecule has 2 N–H and O–H groups in total. The van der Waals surface area contributed by atoms with Gasteiger partial charge in [0.2, 0.25) is 0 Å². The Morgan fingerprint density at radius 2 is 2.29 bits per heavy atom. The van der Waals surface area contributed by atoms with Gasteiger partial charge >= 0.3 is 0 Å². The third-order valence-corrected chi connectivity index (χ3v) is 2.21. The van der Waals surface area contributed by atoms with Gasteiger partial charge in [0.25, 0.3) is 0 Å². The van der Waals surface area contributed by atoms with E-state index in [0.29, 0.717) is 0 Å². The van der Waals surface area contributed by atoms with E-state index in [2.05, 4.69) is 0 Å². The number of aryl methyl sites for hydroxylation is 1. The molecule has 0 aromatic carbocycles. The summed E-state index contributed by atoms with van der Waals surface area (Å²) < 4.78 is 10.2. The van der Waals surface area contributed by atoms with E-state index in [0.717, 1.165) is 23.3 Å². The Labute approximate surface area is 82.5 Å². The molecule has 0 radical (unpaired) electrons. The summed E-state index contributed by atoms with van der Waals surface area (Å²) in [6, 6.07) is 3.86. The second kappa shape index (κ2) is 3.72. The maximum Gasteiger partial charge on any atom is 0.101 e. The fourth-order valence-corrected chi connectivity index (χ4v) is 1.44. The second-order valence-electron chi connectivity index (χ2n) is 3.43. The molecule has 0 aliphatic carbocycles. The van der Waals surface area contributed by atoms with Gasteiger partial charge in [-0.3, -0.25) is 0 Å². The first kappa shape index (κ1) is 9.09. The average molecular weight is 191 g/mol. The van der Waals surface area contributed by atoms with E-state index < -0.39 is 0 Å². The van der Waals surface area contributed by atoms with Crippen LogP contribution in [0.15, 0.2) is 39.8 Å². The highest BCUT2D eigenvalue weighted by atomic mass is 16.3. The zero-order chi connectivity index (χ0) is 9.97. The third kappa shape index (κ3) is 1.88. The predicted octanol–water partition coefficient (Wildman–Crippen LogP) is 2.42. The molecule has 74 valence electrons. The zero-order valence-electron chi connectivity index (χ0n) is 8.07. The standard InChI is InChI=1S/C11H13NO2/c1-8-4-10(7-14-8)11(12)5-9-2-3-13-6-9/h2-4,6-7,11H,5,12H2,1H3. The van der Waals surface area contributed by atoms with Gasteiger partial charge in [-0.2, -0.15) is 0 Å². The summed E-state index contributed by atoms with van der Waals surface area (Å²) in [6.07, 6.45) is 5.85. The molecule has 0 aliphatic heterocycles. The molecule has 1 unspecified atom stereocenters. The summed E-state index contributed by atoms with van der Waals surface area (Å²) in [5, 5.41) is 0. The SMILES string of the molecule is Cc1cc(C(N)Cc2ccoc2)co1. The Morgan fingerprint density at radius 1 is 1.43 bits per heavy atom. The van der Waals surface area contributed by atoms with Crippen molar-refractivity contribution in [1.29, 1.82) is 0 Å². The van der Waals surface area contributed by atoms with Crippen molar-refractivity contribution in [2.45, 2.75) is 19.4 Å². The van der Waals surface area contributed by atoms with E-state index in [9.17, 15) is 0 Å². The zero-order valence-corrected chi connectivity index (χ0v) is 8.07. The molecule has 3 nitrogen and oxygen atoms in total. The molecule has 0 amide bonds. The summed E-state index contributed by atoms with van der Waals surface area (Å²) in [7, 11) is 0. The van der Waals surface area contributed by atoms with Gasteiger partial charge in [-0.05, 0) is 31.0 Å². The Bertz CT molecular complexity index is 389. The Kier molecular flexibility index (Phi) is 2.41. The summed E-state index contributed by atoms with van der Waals surface area (Å²) in [5.41, 5.74) is 8.14. The quantitative estimate of drug-likeness (QED) is 0.810. The van der Waals surface area contributed by atoms with Crippen molar-refractivity contribution in [3.63, 3.8) is 0 Å². The number of furan rings is 2. The second-order valence-corrected chi connectivity index (χ2v) is 3.43. The van der Waals surface area contributed by atoms with Gasteiger partial charge in [0, 0.05) is 11.6 Å². The van der Waals surface area contributed by atoms with Crippen LogP contribution in [0.5, 0.6) is 0 Å². The van der Waals surface area contributed by atoms with Crippen molar-refractivity contribution in [2.75, 3.05) is 0 Å². The lowest BCUT2D eigenvalue weighted by molar-refractivity contribution is 0.527. The van der Waals surface area contributed by atoms with Crippen molar-refractivity contribution < 1.29 is 8.83 Å². The minimum atomic E-state index is -0.0231. The summed E-state index contributed by atoms with van der Waals surface area (Å²) in [4.78, 5) is 0. The molecular formula is C11H13NO2. The van der Waals surface area contributed by atoms with Crippen LogP contribution in [-0.2, 0) is 6.42 Å². The average Bonchev–Trinajstić information content (AvgIpc) is 2.75. The van der Waals surface area contributed by atoms with Gasteiger partial charge in [-0.15, -0.1) is 0 Å². The largest absolute Gasteiger partial charge is 0.472 e. The van der Waals surface area contributed by atoms with Crippen LogP contribution in [0.3, 0.4) is 0 Å². The molecule has 0 saturated heterocycles. The lowest BCUT2D eigenvalue weighted by Crippen LogP contribution is -2.11. The van der Waals surface area contributed by atoms with Gasteiger partial charge in [-0.25, -0.2) is 0 Å². The molecule has 0 saturated carbocycles. The molecule has 2 heterocycles. The van der Waals surface area contributed by atoms with E-state index in [1.54, 1.807) is 18.8 Å². The van der Waals surface area contributed by atoms with Gasteiger partial charge in [0.15, 0.2) is 0 Å². The number of hydrogen-bond donors (Lipinski definition) is 1. The fourth-order valence-electron chi connectivity index (χ4n) is 1.44. The van der Waals surface area contributed by atoms with Crippen molar-refractivity contribution in [2.24, 2.45) is 5.73 Å². The normalized spacial score (nSPS) is 13.0. The Balaban J connectivity index is 2.06. The van der Waals surface area contributed by atoms with E-state index in [4.69, 9.17) is 14.6 Å². The minimum Gasteiger partial charge on any atom is -0.472 e. The molecule has 1 atom stereocenters. The summed E-state index contributed by atoms with van der Waals surface area (Å²) in [5.74, 6) is 0.891. The molecule has 0 aliphatic rings. The van der Waals surface area contributed by atoms with Gasteiger partial charge in [-0.1, -0.05) is 0 Å². The van der Waals surface area contributed by atoms with Crippen molar-refractivity contribution >= 4 is 0 Å². The predicted molar refractivity (Wildman–Crippen MR) is 52.8 cm³/mol. The molecular weight excluding hydrogens is 178 g/mol. The molecule has 2 aromatic heterocycles. The van der Waals surface area contributed by atoms with E-state index >= 15 is 0 Å². The van der Waals surface area contributed by atoms with Crippen LogP contribution >= 0.6 is 0 Å². The summed E-state index contributed by atoms with van der Waals surface area (Å²) in [6.45, 7) is 1.91. The number of hydrogen-bond acceptors (Lipinski definition) is 3. The lowest BCUT2D eigenvalue weighted by Gasteiger charge is -2.06. The monoisotopic (exact) mass is 191 g/mol. The first-order valence-electron chi connectivity index (χ1n) is 4.57. The number of rotatable bonds is 3. The van der Waals surface area contributed by atoms with Crippen molar-refractivity contribution in [3.05, 3.63) is 47.8 Å².